The number of nitrogens with one attached hydrogen (secondary N) is 3. The van der Waals surface area contributed by atoms with E-state index in [1.807, 2.05) is 29.6 Å². The fraction of sp³-hybridized carbons (Fsp3) is 0.381. The minimum atomic E-state index is -1.25. The largest absolute Gasteiger partial charge is 0.481 e. The average Bonchev–Trinajstić information content (AvgIpc) is 2.71. The molecule has 0 saturated carbocycles. The fourth-order valence-corrected chi connectivity index (χ4v) is 3.47. The standard InChI is InChI=1S/C21H26N4O7S/c22-20(31)14(6-9-18(27)28)24-21(32)15(7-10-19(29)30)23-17(26)8-3-12-1-4-13(5-2-12)16-11-33-25-16/h1-2,4-5,11,14-15,25H,3,6-10H2,(H2,22,31)(H,23,26)(H,24,32)(H,27,28)(H,29,30)/t14-,15-/m0/s1. The van der Waals surface area contributed by atoms with Gasteiger partial charge in [0.2, 0.25) is 17.7 Å². The summed E-state index contributed by atoms with van der Waals surface area (Å²) < 4.78 is 3.09. The molecule has 2 aromatic rings. The van der Waals surface area contributed by atoms with Gasteiger partial charge in [-0.15, -0.1) is 0 Å². The van der Waals surface area contributed by atoms with Gasteiger partial charge in [0, 0.05) is 24.6 Å². The van der Waals surface area contributed by atoms with Gasteiger partial charge >= 0.3 is 11.9 Å². The van der Waals surface area contributed by atoms with Gasteiger partial charge in [0.15, 0.2) is 0 Å². The van der Waals surface area contributed by atoms with Crippen LogP contribution in [0.25, 0.3) is 11.3 Å². The van der Waals surface area contributed by atoms with Crippen molar-refractivity contribution in [2.45, 2.75) is 50.6 Å². The molecule has 0 radical (unpaired) electrons. The maximum absolute atomic E-state index is 12.6. The molecule has 0 aliphatic rings. The van der Waals surface area contributed by atoms with Gasteiger partial charge < -0.3 is 31.0 Å². The Morgan fingerprint density at radius 3 is 1.97 bits per heavy atom. The van der Waals surface area contributed by atoms with Gasteiger partial charge in [-0.2, -0.15) is 0 Å². The molecule has 1 aromatic carbocycles. The van der Waals surface area contributed by atoms with Crippen LogP contribution in [0.3, 0.4) is 0 Å². The van der Waals surface area contributed by atoms with E-state index in [9.17, 15) is 24.0 Å². The number of aryl methyl sites for hydroxylation is 1. The summed E-state index contributed by atoms with van der Waals surface area (Å²) in [5.74, 6) is -4.52. The van der Waals surface area contributed by atoms with Gasteiger partial charge in [-0.1, -0.05) is 35.8 Å². The summed E-state index contributed by atoms with van der Waals surface area (Å²) in [6, 6.07) is 5.17. The Hall–Kier alpha value is -3.67. The van der Waals surface area contributed by atoms with Gasteiger partial charge in [0.25, 0.3) is 0 Å². The van der Waals surface area contributed by atoms with Crippen LogP contribution in [0.15, 0.2) is 29.6 Å². The van der Waals surface area contributed by atoms with E-state index in [2.05, 4.69) is 15.0 Å². The van der Waals surface area contributed by atoms with E-state index in [4.69, 9.17) is 15.9 Å². The number of nitrogens with two attached hydrogens (primary N) is 1. The van der Waals surface area contributed by atoms with Crippen LogP contribution in [0.4, 0.5) is 0 Å². The lowest BCUT2D eigenvalue weighted by molar-refractivity contribution is -0.139. The third-order valence-electron chi connectivity index (χ3n) is 4.86. The number of carbonyl (C=O) groups is 5. The van der Waals surface area contributed by atoms with Gasteiger partial charge in [0.05, 0.1) is 5.69 Å². The van der Waals surface area contributed by atoms with Crippen LogP contribution < -0.4 is 16.4 Å². The Morgan fingerprint density at radius 1 is 0.909 bits per heavy atom. The number of aliphatic carboxylic acids is 2. The number of benzene rings is 1. The molecule has 12 heteroatoms. The molecule has 11 nitrogen and oxygen atoms in total. The van der Waals surface area contributed by atoms with Crippen molar-refractivity contribution in [1.29, 1.82) is 0 Å². The van der Waals surface area contributed by atoms with Gasteiger partial charge in [-0.25, -0.2) is 0 Å². The number of rotatable bonds is 14. The minimum absolute atomic E-state index is 0.0608. The van der Waals surface area contributed by atoms with Crippen molar-refractivity contribution < 1.29 is 34.2 Å². The van der Waals surface area contributed by atoms with Crippen LogP contribution >= 0.6 is 11.5 Å². The predicted octanol–water partition coefficient (Wildman–Crippen LogP) is 0.860. The van der Waals surface area contributed by atoms with Gasteiger partial charge in [-0.3, -0.25) is 24.0 Å². The zero-order valence-electron chi connectivity index (χ0n) is 17.7. The Kier molecular flexibility index (Phi) is 9.61. The van der Waals surface area contributed by atoms with Gasteiger partial charge in [-0.05, 0) is 30.4 Å². The average molecular weight is 479 g/mol. The molecule has 1 heterocycles. The Morgan fingerprint density at radius 2 is 1.48 bits per heavy atom. The molecule has 33 heavy (non-hydrogen) atoms. The van der Waals surface area contributed by atoms with E-state index < -0.39 is 54.6 Å². The fourth-order valence-electron chi connectivity index (χ4n) is 2.98. The number of hydrogen-bond acceptors (Lipinski definition) is 6. The number of hydrogen-bond donors (Lipinski definition) is 6. The molecule has 178 valence electrons. The number of primary amides is 1. The molecular weight excluding hydrogens is 452 g/mol. The molecule has 0 aliphatic carbocycles. The molecule has 0 fully saturated rings. The lowest BCUT2D eigenvalue weighted by Crippen LogP contribution is -2.53. The second-order valence-electron chi connectivity index (χ2n) is 7.40. The van der Waals surface area contributed by atoms with Gasteiger partial charge in [0.1, 0.15) is 12.1 Å². The van der Waals surface area contributed by atoms with Crippen molar-refractivity contribution in [3.8, 4) is 11.3 Å². The molecule has 0 bridgehead atoms. The second kappa shape index (κ2) is 12.4. The molecule has 7 N–H and O–H groups in total. The SMILES string of the molecule is NC(=O)[C@H](CCC(=O)O)NC(=O)[C@H](CCC(=O)O)NC(=O)CCc1ccc(-c2cs[nH]2)cc1. The first kappa shape index (κ1) is 25.6. The number of aromatic amines is 1. The summed E-state index contributed by atoms with van der Waals surface area (Å²) in [6.07, 6.45) is -0.749. The molecule has 0 aliphatic heterocycles. The van der Waals surface area contributed by atoms with Crippen LogP contribution in [0, 0.1) is 0 Å². The smallest absolute Gasteiger partial charge is 0.303 e. The maximum Gasteiger partial charge on any atom is 0.303 e. The number of carboxylic acids is 2. The number of aromatic nitrogens is 1. The third-order valence-corrected chi connectivity index (χ3v) is 5.55. The summed E-state index contributed by atoms with van der Waals surface area (Å²) >= 11 is 1.49. The minimum Gasteiger partial charge on any atom is -0.481 e. The van der Waals surface area contributed by atoms with Crippen molar-refractivity contribution in [1.82, 2.24) is 15.0 Å². The summed E-state index contributed by atoms with van der Waals surface area (Å²) in [5.41, 5.74) is 8.17. The van der Waals surface area contributed by atoms with Crippen molar-refractivity contribution >= 4 is 41.2 Å². The first-order valence-electron chi connectivity index (χ1n) is 10.2. The number of carbonyl (C=O) groups excluding carboxylic acids is 3. The molecule has 2 rings (SSSR count). The van der Waals surface area contributed by atoms with Crippen LogP contribution in [0.5, 0.6) is 0 Å². The van der Waals surface area contributed by atoms with Crippen LogP contribution in [0.2, 0.25) is 0 Å². The second-order valence-corrected chi connectivity index (χ2v) is 8.07. The van der Waals surface area contributed by atoms with E-state index in [0.717, 1.165) is 16.8 Å². The molecule has 3 amide bonds. The summed E-state index contributed by atoms with van der Waals surface area (Å²) in [6.45, 7) is 0. The van der Waals surface area contributed by atoms with E-state index in [1.165, 1.54) is 11.5 Å². The molecule has 0 unspecified atom stereocenters. The molecule has 0 saturated heterocycles. The number of amides is 3. The highest BCUT2D eigenvalue weighted by molar-refractivity contribution is 7.05. The first-order valence-corrected chi connectivity index (χ1v) is 11.1. The third kappa shape index (κ3) is 8.77. The highest BCUT2D eigenvalue weighted by Crippen LogP contribution is 2.21. The Balaban J connectivity index is 1.94. The monoisotopic (exact) mass is 478 g/mol. The van der Waals surface area contributed by atoms with Crippen LogP contribution in [-0.2, 0) is 30.4 Å². The van der Waals surface area contributed by atoms with E-state index in [0.29, 0.717) is 6.42 Å². The van der Waals surface area contributed by atoms with E-state index >= 15 is 0 Å². The number of H-pyrrole nitrogens is 1. The normalized spacial score (nSPS) is 12.5. The van der Waals surface area contributed by atoms with Crippen LogP contribution in [-0.4, -0.2) is 56.3 Å². The van der Waals surface area contributed by atoms with Crippen molar-refractivity contribution in [3.63, 3.8) is 0 Å². The zero-order chi connectivity index (χ0) is 24.4. The van der Waals surface area contributed by atoms with Crippen molar-refractivity contribution in [2.24, 2.45) is 5.73 Å². The first-order chi connectivity index (χ1) is 15.7. The van der Waals surface area contributed by atoms with E-state index in [1.54, 1.807) is 0 Å². The van der Waals surface area contributed by atoms with Crippen molar-refractivity contribution in [3.05, 3.63) is 35.2 Å². The molecular formula is C21H26N4O7S. The van der Waals surface area contributed by atoms with Crippen molar-refractivity contribution in [2.75, 3.05) is 0 Å². The number of carboxylic acid groups (broad SMARTS) is 2. The maximum atomic E-state index is 12.6. The summed E-state index contributed by atoms with van der Waals surface area (Å²) in [7, 11) is 0. The lowest BCUT2D eigenvalue weighted by Gasteiger charge is -2.21. The lowest BCUT2D eigenvalue weighted by atomic mass is 10.0. The topological polar surface area (TPSA) is 192 Å². The van der Waals surface area contributed by atoms with E-state index in [-0.39, 0.29) is 19.3 Å². The molecule has 1 aromatic heterocycles. The Bertz CT molecular complexity index is 974. The molecule has 0 spiro atoms. The molecule has 2 atom stereocenters. The predicted molar refractivity (Wildman–Crippen MR) is 119 cm³/mol. The Labute approximate surface area is 193 Å². The highest BCUT2D eigenvalue weighted by Gasteiger charge is 2.26. The quantitative estimate of drug-likeness (QED) is 0.232. The summed E-state index contributed by atoms with van der Waals surface area (Å²) in [5, 5.41) is 24.5. The van der Waals surface area contributed by atoms with Crippen LogP contribution in [0.1, 0.15) is 37.7 Å². The summed E-state index contributed by atoms with van der Waals surface area (Å²) in [4.78, 5) is 58.2. The zero-order valence-corrected chi connectivity index (χ0v) is 18.5. The highest BCUT2D eigenvalue weighted by atomic mass is 32.1.